The molecule has 0 radical (unpaired) electrons. The first kappa shape index (κ1) is 31.2. The third-order valence-corrected chi connectivity index (χ3v) is 5.91. The summed E-state index contributed by atoms with van der Waals surface area (Å²) in [5, 5.41) is 11.4. The van der Waals surface area contributed by atoms with Crippen molar-refractivity contribution in [1.82, 2.24) is 4.90 Å². The van der Waals surface area contributed by atoms with E-state index in [0.29, 0.717) is 0 Å². The Labute approximate surface area is 195 Å². The van der Waals surface area contributed by atoms with Crippen LogP contribution in [0.4, 0.5) is 0 Å². The molecule has 1 atom stereocenters. The maximum Gasteiger partial charge on any atom is 1.00 e. The molecule has 0 aliphatic heterocycles. The molecular formula is C25H50LiNO2. The van der Waals surface area contributed by atoms with Crippen LogP contribution in [0.15, 0.2) is 0 Å². The number of nitrogens with zero attached hydrogens (tertiary/aromatic N) is 1. The maximum absolute atomic E-state index is 11.4. The third-order valence-electron chi connectivity index (χ3n) is 5.91. The number of hydrogen-bond donors (Lipinski definition) is 0. The van der Waals surface area contributed by atoms with E-state index in [1.807, 2.05) is 0 Å². The van der Waals surface area contributed by atoms with Crippen LogP contribution in [-0.4, -0.2) is 30.0 Å². The fraction of sp³-hybridized carbons (Fsp3) is 0.960. The summed E-state index contributed by atoms with van der Waals surface area (Å²) >= 11 is 0. The second-order valence-electron chi connectivity index (χ2n) is 8.65. The largest absolute Gasteiger partial charge is 1.00 e. The van der Waals surface area contributed by atoms with Gasteiger partial charge in [0.1, 0.15) is 0 Å². The minimum Gasteiger partial charge on any atom is -0.550 e. The zero-order chi connectivity index (χ0) is 20.9. The van der Waals surface area contributed by atoms with Crippen molar-refractivity contribution in [3.05, 3.63) is 0 Å². The Kier molecular flexibility index (Phi) is 26.2. The van der Waals surface area contributed by atoms with Crippen LogP contribution in [0.3, 0.4) is 0 Å². The van der Waals surface area contributed by atoms with Gasteiger partial charge >= 0.3 is 18.9 Å². The van der Waals surface area contributed by atoms with Gasteiger partial charge in [-0.05, 0) is 32.4 Å². The van der Waals surface area contributed by atoms with E-state index in [9.17, 15) is 9.90 Å². The first-order chi connectivity index (χ1) is 13.7. The summed E-state index contributed by atoms with van der Waals surface area (Å²) in [7, 11) is 0. The quantitative estimate of drug-likeness (QED) is 0.205. The van der Waals surface area contributed by atoms with Crippen LogP contribution < -0.4 is 24.0 Å². The van der Waals surface area contributed by atoms with E-state index in [2.05, 4.69) is 25.7 Å². The number of carbonyl (C=O) groups is 1. The fourth-order valence-corrected chi connectivity index (χ4v) is 4.08. The molecule has 0 aliphatic carbocycles. The number of unbranched alkanes of at least 4 members (excludes halogenated alkanes) is 13. The van der Waals surface area contributed by atoms with Gasteiger partial charge in [-0.3, -0.25) is 0 Å². The predicted molar refractivity (Wildman–Crippen MR) is 120 cm³/mol. The van der Waals surface area contributed by atoms with E-state index in [1.165, 1.54) is 96.3 Å². The van der Waals surface area contributed by atoms with Crippen LogP contribution in [0, 0.1) is 0 Å². The Morgan fingerprint density at radius 1 is 0.655 bits per heavy atom. The van der Waals surface area contributed by atoms with Gasteiger partial charge < -0.3 is 14.8 Å². The van der Waals surface area contributed by atoms with Crippen LogP contribution in [0.25, 0.3) is 0 Å². The summed E-state index contributed by atoms with van der Waals surface area (Å²) in [6, 6.07) is 0.174. The molecule has 168 valence electrons. The zero-order valence-corrected chi connectivity index (χ0v) is 20.5. The molecule has 0 aromatic rings. The molecule has 0 N–H and O–H groups in total. The Balaban J connectivity index is 0. The van der Waals surface area contributed by atoms with E-state index in [-0.39, 0.29) is 31.3 Å². The van der Waals surface area contributed by atoms with Gasteiger partial charge in [0.05, 0.1) is 0 Å². The number of carboxylic acid groups (broad SMARTS) is 1. The zero-order valence-electron chi connectivity index (χ0n) is 20.5. The Morgan fingerprint density at radius 3 is 1.45 bits per heavy atom. The molecule has 0 aliphatic rings. The van der Waals surface area contributed by atoms with Crippen molar-refractivity contribution in [1.29, 1.82) is 0 Å². The molecule has 1 unspecified atom stereocenters. The van der Waals surface area contributed by atoms with Gasteiger partial charge in [-0.2, -0.15) is 0 Å². The van der Waals surface area contributed by atoms with Crippen molar-refractivity contribution in [3.63, 3.8) is 0 Å². The molecule has 3 nitrogen and oxygen atoms in total. The number of aliphatic carboxylic acids is 1. The molecule has 0 rings (SSSR count). The van der Waals surface area contributed by atoms with E-state index in [4.69, 9.17) is 0 Å². The summed E-state index contributed by atoms with van der Waals surface area (Å²) in [5.74, 6) is -0.878. The van der Waals surface area contributed by atoms with Crippen molar-refractivity contribution in [2.75, 3.05) is 13.1 Å². The second kappa shape index (κ2) is 24.3. The molecule has 0 heterocycles. The van der Waals surface area contributed by atoms with E-state index in [1.54, 1.807) is 0 Å². The van der Waals surface area contributed by atoms with Crippen LogP contribution in [0.5, 0.6) is 0 Å². The molecule has 0 spiro atoms. The minimum atomic E-state index is -0.878. The number of rotatable bonds is 22. The molecule has 0 bridgehead atoms. The molecule has 0 aromatic heterocycles. The van der Waals surface area contributed by atoms with Crippen LogP contribution >= 0.6 is 0 Å². The first-order valence-electron chi connectivity index (χ1n) is 12.6. The van der Waals surface area contributed by atoms with Gasteiger partial charge in [0.25, 0.3) is 0 Å². The molecule has 29 heavy (non-hydrogen) atoms. The Hall–Kier alpha value is 0.0274. The van der Waals surface area contributed by atoms with E-state index >= 15 is 0 Å². The fourth-order valence-electron chi connectivity index (χ4n) is 4.08. The van der Waals surface area contributed by atoms with Crippen molar-refractivity contribution >= 4 is 5.97 Å². The summed E-state index contributed by atoms with van der Waals surface area (Å²) in [5.41, 5.74) is 0. The average molecular weight is 404 g/mol. The van der Waals surface area contributed by atoms with Gasteiger partial charge in [0.15, 0.2) is 0 Å². The Morgan fingerprint density at radius 2 is 1.03 bits per heavy atom. The average Bonchev–Trinajstić information content (AvgIpc) is 2.67. The van der Waals surface area contributed by atoms with Crippen molar-refractivity contribution < 1.29 is 28.8 Å². The summed E-state index contributed by atoms with van der Waals surface area (Å²) in [6.45, 7) is 8.86. The van der Waals surface area contributed by atoms with Crippen molar-refractivity contribution in [2.45, 2.75) is 142 Å². The normalized spacial score (nSPS) is 12.1. The van der Waals surface area contributed by atoms with Gasteiger partial charge in [-0.1, -0.05) is 111 Å². The van der Waals surface area contributed by atoms with Crippen LogP contribution in [0.1, 0.15) is 136 Å². The van der Waals surface area contributed by atoms with E-state index in [0.717, 1.165) is 25.9 Å². The summed E-state index contributed by atoms with van der Waals surface area (Å²) < 4.78 is 0. The smallest absolute Gasteiger partial charge is 0.550 e. The second-order valence-corrected chi connectivity index (χ2v) is 8.65. The third kappa shape index (κ3) is 21.1. The minimum absolute atomic E-state index is 0. The summed E-state index contributed by atoms with van der Waals surface area (Å²) in [6.07, 6.45) is 21.6. The number of carbonyl (C=O) groups excluding carboxylic acids is 1. The maximum atomic E-state index is 11.4. The standard InChI is InChI=1S/C25H51NO2.Li/c1-4-7-10-13-15-18-21-26(22-19-16-14-11-8-5-2)24(23-25(27)28)20-17-12-9-6-3;/h24H,4-23H2,1-3H3,(H,27,28);/q;+1/p-1. The van der Waals surface area contributed by atoms with Crippen molar-refractivity contribution in [3.8, 4) is 0 Å². The number of hydrogen-bond acceptors (Lipinski definition) is 3. The molecule has 0 amide bonds. The Bertz CT molecular complexity index is 323. The molecule has 0 fully saturated rings. The monoisotopic (exact) mass is 403 g/mol. The van der Waals surface area contributed by atoms with Gasteiger partial charge in [-0.15, -0.1) is 0 Å². The molecule has 4 heteroatoms. The number of carboxylic acids is 1. The van der Waals surface area contributed by atoms with Crippen LogP contribution in [-0.2, 0) is 4.79 Å². The van der Waals surface area contributed by atoms with Gasteiger partial charge in [-0.25, -0.2) is 0 Å². The van der Waals surface area contributed by atoms with Crippen LogP contribution in [0.2, 0.25) is 0 Å². The first-order valence-corrected chi connectivity index (χ1v) is 12.6. The molecule has 0 aromatic carbocycles. The molecular weight excluding hydrogens is 353 g/mol. The predicted octanol–water partition coefficient (Wildman–Crippen LogP) is 3.49. The van der Waals surface area contributed by atoms with Crippen molar-refractivity contribution in [2.24, 2.45) is 0 Å². The molecule has 0 saturated heterocycles. The van der Waals surface area contributed by atoms with Gasteiger partial charge in [0, 0.05) is 18.4 Å². The SMILES string of the molecule is CCCCCCCCN(CCCCCCCC)C(CCCCCC)CC(=O)[O-].[Li+]. The van der Waals surface area contributed by atoms with Gasteiger partial charge in [0.2, 0.25) is 0 Å². The van der Waals surface area contributed by atoms with E-state index < -0.39 is 5.97 Å². The molecule has 0 saturated carbocycles. The summed E-state index contributed by atoms with van der Waals surface area (Å²) in [4.78, 5) is 13.9. The topological polar surface area (TPSA) is 43.4 Å².